The molecule has 8 heteroatoms. The Morgan fingerprint density at radius 2 is 1.89 bits per heavy atom. The van der Waals surface area contributed by atoms with Crippen LogP contribution in [0.15, 0.2) is 24.7 Å². The van der Waals surface area contributed by atoms with E-state index in [0.717, 1.165) is 0 Å². The van der Waals surface area contributed by atoms with Crippen molar-refractivity contribution in [3.8, 4) is 0 Å². The monoisotopic (exact) mass is 302 g/mol. The van der Waals surface area contributed by atoms with E-state index in [1.165, 1.54) is 18.6 Å². The molecule has 92 valence electrons. The highest BCUT2D eigenvalue weighted by atomic mass is 35.5. The molecule has 0 radical (unpaired) electrons. The quantitative estimate of drug-likeness (QED) is 0.866. The predicted molar refractivity (Wildman–Crippen MR) is 69.3 cm³/mol. The number of pyridine rings is 1. The molecule has 2 rings (SSSR count). The lowest BCUT2D eigenvalue weighted by atomic mass is 10.3. The minimum absolute atomic E-state index is 0.0611. The molecule has 0 spiro atoms. The standard InChI is InChI=1S/C10H5Cl3N4O/c11-5-1-2-6(14-3-5)10(18)17-9-7(12)8(13)15-4-16-9/h1-4H,(H,15,16,17,18). The summed E-state index contributed by atoms with van der Waals surface area (Å²) in [7, 11) is 0. The van der Waals surface area contributed by atoms with Crippen LogP contribution in [0.25, 0.3) is 0 Å². The number of amides is 1. The topological polar surface area (TPSA) is 67.8 Å². The summed E-state index contributed by atoms with van der Waals surface area (Å²) in [5.74, 6) is -0.346. The molecule has 1 amide bonds. The van der Waals surface area contributed by atoms with Gasteiger partial charge in [-0.3, -0.25) is 4.79 Å². The summed E-state index contributed by atoms with van der Waals surface area (Å²) < 4.78 is 0. The van der Waals surface area contributed by atoms with Gasteiger partial charge in [-0.1, -0.05) is 34.8 Å². The highest BCUT2D eigenvalue weighted by Crippen LogP contribution is 2.25. The second kappa shape index (κ2) is 5.48. The van der Waals surface area contributed by atoms with Crippen molar-refractivity contribution in [1.29, 1.82) is 0 Å². The Labute approximate surface area is 117 Å². The van der Waals surface area contributed by atoms with Gasteiger partial charge in [-0.25, -0.2) is 15.0 Å². The number of anilines is 1. The van der Waals surface area contributed by atoms with Crippen LogP contribution in [-0.4, -0.2) is 20.9 Å². The average molecular weight is 304 g/mol. The number of carbonyl (C=O) groups is 1. The van der Waals surface area contributed by atoms with E-state index in [-0.39, 0.29) is 21.7 Å². The number of nitrogens with zero attached hydrogens (tertiary/aromatic N) is 3. The number of hydrogen-bond donors (Lipinski definition) is 1. The maximum atomic E-state index is 11.8. The maximum Gasteiger partial charge on any atom is 0.275 e. The summed E-state index contributed by atoms with van der Waals surface area (Å²) in [6, 6.07) is 3.03. The van der Waals surface area contributed by atoms with E-state index in [9.17, 15) is 4.79 Å². The molecule has 0 aliphatic heterocycles. The average Bonchev–Trinajstić information content (AvgIpc) is 2.36. The SMILES string of the molecule is O=C(Nc1ncnc(Cl)c1Cl)c1ccc(Cl)cn1. The van der Waals surface area contributed by atoms with Crippen molar-refractivity contribution in [1.82, 2.24) is 15.0 Å². The van der Waals surface area contributed by atoms with Crippen molar-refractivity contribution in [2.45, 2.75) is 0 Å². The summed E-state index contributed by atoms with van der Waals surface area (Å²) in [5, 5.41) is 3.05. The third-order valence-corrected chi connectivity index (χ3v) is 2.90. The van der Waals surface area contributed by atoms with Gasteiger partial charge in [0.2, 0.25) is 0 Å². The van der Waals surface area contributed by atoms with Gasteiger partial charge < -0.3 is 5.32 Å². The molecule has 0 bridgehead atoms. The number of halogens is 3. The van der Waals surface area contributed by atoms with Gasteiger partial charge in [0.25, 0.3) is 5.91 Å². The van der Waals surface area contributed by atoms with E-state index >= 15 is 0 Å². The maximum absolute atomic E-state index is 11.8. The van der Waals surface area contributed by atoms with Gasteiger partial charge in [0.05, 0.1) is 5.02 Å². The molecule has 2 aromatic rings. The lowest BCUT2D eigenvalue weighted by Gasteiger charge is -2.05. The fraction of sp³-hybridized carbons (Fsp3) is 0. The van der Waals surface area contributed by atoms with E-state index in [1.54, 1.807) is 6.07 Å². The summed E-state index contributed by atoms with van der Waals surface area (Å²) >= 11 is 17.2. The van der Waals surface area contributed by atoms with Crippen LogP contribution >= 0.6 is 34.8 Å². The van der Waals surface area contributed by atoms with Crippen LogP contribution < -0.4 is 5.32 Å². The molecule has 2 heterocycles. The molecule has 2 aromatic heterocycles. The van der Waals surface area contributed by atoms with Gasteiger partial charge in [0, 0.05) is 6.20 Å². The molecule has 0 saturated heterocycles. The van der Waals surface area contributed by atoms with Crippen LogP contribution in [0.2, 0.25) is 15.2 Å². The minimum atomic E-state index is -0.469. The van der Waals surface area contributed by atoms with Gasteiger partial charge in [0.1, 0.15) is 17.0 Å². The molecular formula is C10H5Cl3N4O. The summed E-state index contributed by atoms with van der Waals surface area (Å²) in [6.45, 7) is 0. The molecule has 5 nitrogen and oxygen atoms in total. The third-order valence-electron chi connectivity index (χ3n) is 1.94. The largest absolute Gasteiger partial charge is 0.304 e. The molecule has 1 N–H and O–H groups in total. The minimum Gasteiger partial charge on any atom is -0.304 e. The molecule has 0 aliphatic carbocycles. The van der Waals surface area contributed by atoms with Crippen molar-refractivity contribution < 1.29 is 4.79 Å². The zero-order chi connectivity index (χ0) is 13.1. The number of nitrogens with one attached hydrogen (secondary N) is 1. The molecule has 0 aliphatic rings. The summed E-state index contributed by atoms with van der Waals surface area (Å²) in [6.07, 6.45) is 2.56. The first-order chi connectivity index (χ1) is 8.58. The number of aromatic nitrogens is 3. The van der Waals surface area contributed by atoms with E-state index in [4.69, 9.17) is 34.8 Å². The first-order valence-corrected chi connectivity index (χ1v) is 5.80. The lowest BCUT2D eigenvalue weighted by molar-refractivity contribution is 0.102. The Morgan fingerprint density at radius 3 is 2.56 bits per heavy atom. The van der Waals surface area contributed by atoms with Crippen LogP contribution in [0.1, 0.15) is 10.5 Å². The molecule has 0 atom stereocenters. The van der Waals surface area contributed by atoms with E-state index in [1.807, 2.05) is 0 Å². The predicted octanol–water partition coefficient (Wildman–Crippen LogP) is 3.08. The van der Waals surface area contributed by atoms with Crippen LogP contribution in [0.4, 0.5) is 5.82 Å². The van der Waals surface area contributed by atoms with Crippen LogP contribution in [0.3, 0.4) is 0 Å². The van der Waals surface area contributed by atoms with E-state index in [2.05, 4.69) is 20.3 Å². The first-order valence-electron chi connectivity index (χ1n) is 4.67. The highest BCUT2D eigenvalue weighted by Gasteiger charge is 2.13. The zero-order valence-electron chi connectivity index (χ0n) is 8.69. The fourth-order valence-corrected chi connectivity index (χ4v) is 1.51. The number of rotatable bonds is 2. The highest BCUT2D eigenvalue weighted by molar-refractivity contribution is 6.43. The molecule has 0 fully saturated rings. The van der Waals surface area contributed by atoms with Gasteiger partial charge in [-0.05, 0) is 12.1 Å². The molecule has 0 aromatic carbocycles. The van der Waals surface area contributed by atoms with Crippen LogP contribution in [-0.2, 0) is 0 Å². The van der Waals surface area contributed by atoms with Gasteiger partial charge >= 0.3 is 0 Å². The van der Waals surface area contributed by atoms with Crippen LogP contribution in [0.5, 0.6) is 0 Å². The van der Waals surface area contributed by atoms with Crippen molar-refractivity contribution in [3.63, 3.8) is 0 Å². The summed E-state index contributed by atoms with van der Waals surface area (Å²) in [4.78, 5) is 23.2. The van der Waals surface area contributed by atoms with Crippen molar-refractivity contribution in [3.05, 3.63) is 45.5 Å². The van der Waals surface area contributed by atoms with Gasteiger partial charge in [-0.15, -0.1) is 0 Å². The van der Waals surface area contributed by atoms with Crippen molar-refractivity contribution >= 4 is 46.5 Å². The lowest BCUT2D eigenvalue weighted by Crippen LogP contribution is -2.15. The number of carbonyl (C=O) groups excluding carboxylic acids is 1. The van der Waals surface area contributed by atoms with Crippen LogP contribution in [0, 0.1) is 0 Å². The Bertz CT molecular complexity index is 588. The normalized spacial score (nSPS) is 10.2. The van der Waals surface area contributed by atoms with Gasteiger partial charge in [-0.2, -0.15) is 0 Å². The van der Waals surface area contributed by atoms with Crippen molar-refractivity contribution in [2.24, 2.45) is 0 Å². The summed E-state index contributed by atoms with van der Waals surface area (Å²) in [5.41, 5.74) is 0.185. The smallest absolute Gasteiger partial charge is 0.275 e. The van der Waals surface area contributed by atoms with E-state index < -0.39 is 5.91 Å². The Kier molecular flexibility index (Phi) is 3.96. The Morgan fingerprint density at radius 1 is 1.11 bits per heavy atom. The van der Waals surface area contributed by atoms with Gasteiger partial charge in [0.15, 0.2) is 11.0 Å². The Hall–Kier alpha value is -1.43. The molecule has 0 unspecified atom stereocenters. The zero-order valence-corrected chi connectivity index (χ0v) is 11.0. The third kappa shape index (κ3) is 2.87. The van der Waals surface area contributed by atoms with E-state index in [0.29, 0.717) is 5.02 Å². The fourth-order valence-electron chi connectivity index (χ4n) is 1.12. The first kappa shape index (κ1) is 13.0. The number of hydrogen-bond acceptors (Lipinski definition) is 4. The molecular weight excluding hydrogens is 298 g/mol. The Balaban J connectivity index is 2.21. The second-order valence-electron chi connectivity index (χ2n) is 3.14. The molecule has 18 heavy (non-hydrogen) atoms. The van der Waals surface area contributed by atoms with Crippen molar-refractivity contribution in [2.75, 3.05) is 5.32 Å². The second-order valence-corrected chi connectivity index (χ2v) is 4.32. The molecule has 0 saturated carbocycles.